The number of nitrogens with zero attached hydrogens (tertiary/aromatic N) is 1. The van der Waals surface area contributed by atoms with E-state index in [1.54, 1.807) is 0 Å². The standard InChI is InChI=1S/C11H7F2NO2/c1-6-14-10(11(15)16-6)4-7-2-3-8(12)5-9(7)13/h2-5H,1H3. The van der Waals surface area contributed by atoms with Gasteiger partial charge in [-0.3, -0.25) is 0 Å². The first kappa shape index (κ1) is 10.5. The van der Waals surface area contributed by atoms with Gasteiger partial charge in [-0.2, -0.15) is 0 Å². The molecule has 82 valence electrons. The number of benzene rings is 1. The van der Waals surface area contributed by atoms with E-state index in [1.807, 2.05) is 0 Å². The third-order valence-electron chi connectivity index (χ3n) is 1.98. The van der Waals surface area contributed by atoms with Crippen LogP contribution >= 0.6 is 0 Å². The lowest BCUT2D eigenvalue weighted by molar-refractivity contribution is -0.130. The Morgan fingerprint density at radius 2 is 2.12 bits per heavy atom. The van der Waals surface area contributed by atoms with Gasteiger partial charge in [-0.25, -0.2) is 18.6 Å². The maximum atomic E-state index is 13.2. The summed E-state index contributed by atoms with van der Waals surface area (Å²) < 4.78 is 30.5. The molecular weight excluding hydrogens is 216 g/mol. The number of carbonyl (C=O) groups excluding carboxylic acids is 1. The molecule has 0 radical (unpaired) electrons. The van der Waals surface area contributed by atoms with Crippen molar-refractivity contribution < 1.29 is 18.3 Å². The van der Waals surface area contributed by atoms with Crippen molar-refractivity contribution in [3.05, 3.63) is 41.1 Å². The van der Waals surface area contributed by atoms with E-state index in [2.05, 4.69) is 9.73 Å². The first-order valence-corrected chi connectivity index (χ1v) is 4.50. The highest BCUT2D eigenvalue weighted by atomic mass is 19.1. The van der Waals surface area contributed by atoms with Crippen LogP contribution in [0.15, 0.2) is 28.9 Å². The molecule has 0 unspecified atom stereocenters. The highest BCUT2D eigenvalue weighted by Gasteiger charge is 2.20. The molecule has 0 fully saturated rings. The minimum Gasteiger partial charge on any atom is -0.407 e. The van der Waals surface area contributed by atoms with Crippen molar-refractivity contribution in [2.24, 2.45) is 4.99 Å². The molecule has 1 aliphatic heterocycles. The second-order valence-corrected chi connectivity index (χ2v) is 3.22. The lowest BCUT2D eigenvalue weighted by Gasteiger charge is -1.96. The summed E-state index contributed by atoms with van der Waals surface area (Å²) in [6, 6.07) is 3.07. The monoisotopic (exact) mass is 223 g/mol. The number of aliphatic imine (C=N–C) groups is 1. The molecule has 1 aliphatic rings. The zero-order valence-corrected chi connectivity index (χ0v) is 8.33. The van der Waals surface area contributed by atoms with Gasteiger partial charge in [0.1, 0.15) is 11.6 Å². The number of halogens is 2. The van der Waals surface area contributed by atoms with Crippen LogP contribution in [0.5, 0.6) is 0 Å². The van der Waals surface area contributed by atoms with Gasteiger partial charge >= 0.3 is 5.97 Å². The molecule has 0 saturated carbocycles. The molecule has 0 spiro atoms. The van der Waals surface area contributed by atoms with Crippen LogP contribution in [-0.2, 0) is 9.53 Å². The summed E-state index contributed by atoms with van der Waals surface area (Å²) in [5.74, 6) is -1.85. The van der Waals surface area contributed by atoms with Crippen LogP contribution in [0.25, 0.3) is 6.08 Å². The molecule has 3 nitrogen and oxygen atoms in total. The van der Waals surface area contributed by atoms with Gasteiger partial charge in [-0.15, -0.1) is 0 Å². The van der Waals surface area contributed by atoms with Gasteiger partial charge in [0.15, 0.2) is 11.6 Å². The van der Waals surface area contributed by atoms with Crippen molar-refractivity contribution in [3.8, 4) is 0 Å². The summed E-state index contributed by atoms with van der Waals surface area (Å²) in [7, 11) is 0. The zero-order chi connectivity index (χ0) is 11.7. The fourth-order valence-electron chi connectivity index (χ4n) is 1.28. The summed E-state index contributed by atoms with van der Waals surface area (Å²) in [6.07, 6.45) is 1.22. The quantitative estimate of drug-likeness (QED) is 0.541. The number of carbonyl (C=O) groups is 1. The average Bonchev–Trinajstić information content (AvgIpc) is 2.50. The third-order valence-corrected chi connectivity index (χ3v) is 1.98. The van der Waals surface area contributed by atoms with Crippen molar-refractivity contribution in [1.82, 2.24) is 0 Å². The van der Waals surface area contributed by atoms with E-state index in [4.69, 9.17) is 0 Å². The van der Waals surface area contributed by atoms with Gasteiger partial charge < -0.3 is 4.74 Å². The molecule has 0 amide bonds. The fraction of sp³-hybridized carbons (Fsp3) is 0.0909. The van der Waals surface area contributed by atoms with Gasteiger partial charge in [0, 0.05) is 18.6 Å². The molecule has 1 aromatic carbocycles. The van der Waals surface area contributed by atoms with Crippen molar-refractivity contribution in [2.75, 3.05) is 0 Å². The van der Waals surface area contributed by atoms with Crippen molar-refractivity contribution in [2.45, 2.75) is 6.92 Å². The summed E-state index contributed by atoms with van der Waals surface area (Å²) >= 11 is 0. The number of ether oxygens (including phenoxy) is 1. The topological polar surface area (TPSA) is 38.7 Å². The minimum absolute atomic E-state index is 0.00279. The average molecular weight is 223 g/mol. The number of esters is 1. The molecule has 0 N–H and O–H groups in total. The fourth-order valence-corrected chi connectivity index (χ4v) is 1.28. The Balaban J connectivity index is 2.40. The molecule has 0 saturated heterocycles. The third kappa shape index (κ3) is 1.98. The van der Waals surface area contributed by atoms with Gasteiger partial charge in [-0.1, -0.05) is 0 Å². The van der Waals surface area contributed by atoms with Gasteiger partial charge in [0.05, 0.1) is 0 Å². The lowest BCUT2D eigenvalue weighted by Crippen LogP contribution is -2.00. The summed E-state index contributed by atoms with van der Waals surface area (Å²) in [4.78, 5) is 14.9. The van der Waals surface area contributed by atoms with E-state index in [0.717, 1.165) is 12.1 Å². The molecule has 5 heteroatoms. The van der Waals surface area contributed by atoms with Crippen molar-refractivity contribution in [1.29, 1.82) is 0 Å². The maximum absolute atomic E-state index is 13.2. The number of rotatable bonds is 1. The Morgan fingerprint density at radius 1 is 1.38 bits per heavy atom. The number of hydrogen-bond donors (Lipinski definition) is 0. The number of hydrogen-bond acceptors (Lipinski definition) is 3. The minimum atomic E-state index is -0.750. The molecule has 1 aromatic rings. The smallest absolute Gasteiger partial charge is 0.363 e. The van der Waals surface area contributed by atoms with Crippen LogP contribution in [0.3, 0.4) is 0 Å². The molecule has 2 rings (SSSR count). The molecular formula is C11H7F2NO2. The van der Waals surface area contributed by atoms with Crippen molar-refractivity contribution >= 4 is 17.9 Å². The first-order valence-electron chi connectivity index (χ1n) is 4.50. The van der Waals surface area contributed by atoms with Crippen LogP contribution in [-0.4, -0.2) is 11.9 Å². The highest BCUT2D eigenvalue weighted by Crippen LogP contribution is 2.18. The van der Waals surface area contributed by atoms with Crippen LogP contribution < -0.4 is 0 Å². The Kier molecular flexibility index (Phi) is 2.52. The van der Waals surface area contributed by atoms with E-state index in [9.17, 15) is 13.6 Å². The van der Waals surface area contributed by atoms with Gasteiger partial charge in [-0.05, 0) is 18.2 Å². The molecule has 0 aliphatic carbocycles. The zero-order valence-electron chi connectivity index (χ0n) is 8.33. The number of cyclic esters (lactones) is 1. The van der Waals surface area contributed by atoms with Gasteiger partial charge in [0.25, 0.3) is 0 Å². The van der Waals surface area contributed by atoms with Crippen LogP contribution in [0, 0.1) is 11.6 Å². The van der Waals surface area contributed by atoms with Crippen LogP contribution in [0.1, 0.15) is 12.5 Å². The molecule has 0 aromatic heterocycles. The van der Waals surface area contributed by atoms with Crippen molar-refractivity contribution in [3.63, 3.8) is 0 Å². The van der Waals surface area contributed by atoms with E-state index in [0.29, 0.717) is 0 Å². The Labute approximate surface area is 90.1 Å². The predicted molar refractivity (Wildman–Crippen MR) is 53.5 cm³/mol. The van der Waals surface area contributed by atoms with Gasteiger partial charge in [0.2, 0.25) is 0 Å². The summed E-state index contributed by atoms with van der Waals surface area (Å²) in [5, 5.41) is 0. The van der Waals surface area contributed by atoms with Crippen LogP contribution in [0.2, 0.25) is 0 Å². The van der Waals surface area contributed by atoms with E-state index in [1.165, 1.54) is 19.1 Å². The molecule has 0 atom stereocenters. The van der Waals surface area contributed by atoms with E-state index < -0.39 is 17.6 Å². The highest BCUT2D eigenvalue weighted by molar-refractivity contribution is 6.06. The Bertz CT molecular complexity index is 521. The second-order valence-electron chi connectivity index (χ2n) is 3.22. The van der Waals surface area contributed by atoms with E-state index >= 15 is 0 Å². The molecule has 16 heavy (non-hydrogen) atoms. The SMILES string of the molecule is CC1=NC(=Cc2ccc(F)cc2F)C(=O)O1. The molecule has 1 heterocycles. The predicted octanol–water partition coefficient (Wildman–Crippen LogP) is 2.28. The Hall–Kier alpha value is -2.04. The Morgan fingerprint density at radius 3 is 2.69 bits per heavy atom. The van der Waals surface area contributed by atoms with Crippen LogP contribution in [0.4, 0.5) is 8.78 Å². The summed E-state index contributed by atoms with van der Waals surface area (Å²) in [5.41, 5.74) is 0.0924. The lowest BCUT2D eigenvalue weighted by atomic mass is 10.2. The first-order chi connectivity index (χ1) is 7.56. The van der Waals surface area contributed by atoms with E-state index in [-0.39, 0.29) is 17.2 Å². The largest absolute Gasteiger partial charge is 0.407 e. The maximum Gasteiger partial charge on any atom is 0.363 e. The second kappa shape index (κ2) is 3.84. The summed E-state index contributed by atoms with van der Waals surface area (Å²) in [6.45, 7) is 1.51. The normalized spacial score (nSPS) is 17.6. The molecule has 0 bridgehead atoms.